The van der Waals surface area contributed by atoms with Crippen LogP contribution in [0.5, 0.6) is 0 Å². The largest absolute Gasteiger partial charge is 0.444 e. The first-order valence-electron chi connectivity index (χ1n) is 8.11. The van der Waals surface area contributed by atoms with Crippen molar-refractivity contribution in [3.8, 4) is 0 Å². The van der Waals surface area contributed by atoms with E-state index >= 15 is 0 Å². The van der Waals surface area contributed by atoms with Crippen molar-refractivity contribution in [3.05, 3.63) is 16.9 Å². The monoisotopic (exact) mass is 342 g/mol. The summed E-state index contributed by atoms with van der Waals surface area (Å²) in [5, 5.41) is 8.39. The van der Waals surface area contributed by atoms with Crippen LogP contribution in [0.3, 0.4) is 0 Å². The number of carbonyl (C=O) groups excluding carboxylic acids is 1. The number of carbonyl (C=O) groups is 1. The Morgan fingerprint density at radius 3 is 2.78 bits per heavy atom. The number of aryl methyl sites for hydroxylation is 1. The standard InChI is InChI=1S/C16H27ClN4O2/c1-6-18-13(14-12(17)9-19-20(14)5)11-7-8-21(10-11)15(22)23-16(2,3)4/h9,11,13,18H,6-8,10H2,1-5H3. The molecule has 1 aliphatic heterocycles. The van der Waals surface area contributed by atoms with E-state index in [4.69, 9.17) is 16.3 Å². The Hall–Kier alpha value is -1.27. The zero-order valence-corrected chi connectivity index (χ0v) is 15.4. The summed E-state index contributed by atoms with van der Waals surface area (Å²) in [5.41, 5.74) is 0.506. The van der Waals surface area contributed by atoms with E-state index in [1.807, 2.05) is 32.5 Å². The van der Waals surface area contributed by atoms with Crippen molar-refractivity contribution < 1.29 is 9.53 Å². The second-order valence-electron chi connectivity index (χ2n) is 7.01. The fraction of sp³-hybridized carbons (Fsp3) is 0.750. The van der Waals surface area contributed by atoms with Crippen molar-refractivity contribution in [2.45, 2.75) is 45.8 Å². The van der Waals surface area contributed by atoms with Gasteiger partial charge in [-0.05, 0) is 39.7 Å². The lowest BCUT2D eigenvalue weighted by molar-refractivity contribution is 0.0285. The van der Waals surface area contributed by atoms with E-state index in [2.05, 4.69) is 17.3 Å². The van der Waals surface area contributed by atoms with Crippen LogP contribution in [0.4, 0.5) is 4.79 Å². The summed E-state index contributed by atoms with van der Waals surface area (Å²) in [6.07, 6.45) is 2.34. The summed E-state index contributed by atoms with van der Waals surface area (Å²) in [6.45, 7) is 9.91. The van der Waals surface area contributed by atoms with Gasteiger partial charge in [-0.25, -0.2) is 4.79 Å². The summed E-state index contributed by atoms with van der Waals surface area (Å²) in [6, 6.07) is 0.0763. The molecule has 0 aliphatic carbocycles. The van der Waals surface area contributed by atoms with Crippen molar-refractivity contribution in [3.63, 3.8) is 0 Å². The molecular formula is C16H27ClN4O2. The van der Waals surface area contributed by atoms with Crippen molar-refractivity contribution in [2.75, 3.05) is 19.6 Å². The maximum Gasteiger partial charge on any atom is 0.410 e. The minimum Gasteiger partial charge on any atom is -0.444 e. The van der Waals surface area contributed by atoms with E-state index in [1.54, 1.807) is 11.1 Å². The van der Waals surface area contributed by atoms with Crippen LogP contribution in [0.15, 0.2) is 6.20 Å². The molecule has 0 spiro atoms. The van der Waals surface area contributed by atoms with Crippen LogP contribution in [-0.2, 0) is 11.8 Å². The zero-order chi connectivity index (χ0) is 17.2. The zero-order valence-electron chi connectivity index (χ0n) is 14.6. The molecule has 0 radical (unpaired) electrons. The Kier molecular flexibility index (Phi) is 5.57. The second kappa shape index (κ2) is 7.09. The molecule has 1 aliphatic rings. The summed E-state index contributed by atoms with van der Waals surface area (Å²) in [7, 11) is 1.89. The Morgan fingerprint density at radius 2 is 2.26 bits per heavy atom. The molecule has 0 saturated carbocycles. The highest BCUT2D eigenvalue weighted by atomic mass is 35.5. The average Bonchev–Trinajstić information content (AvgIpc) is 3.03. The smallest absolute Gasteiger partial charge is 0.410 e. The first kappa shape index (κ1) is 18.1. The SMILES string of the molecule is CCNC(c1c(Cl)cnn1C)C1CCN(C(=O)OC(C)(C)C)C1. The van der Waals surface area contributed by atoms with Gasteiger partial charge in [-0.15, -0.1) is 0 Å². The quantitative estimate of drug-likeness (QED) is 0.913. The normalized spacial score (nSPS) is 19.9. The van der Waals surface area contributed by atoms with Gasteiger partial charge < -0.3 is 15.0 Å². The van der Waals surface area contributed by atoms with E-state index in [1.165, 1.54) is 0 Å². The number of rotatable bonds is 4. The van der Waals surface area contributed by atoms with Crippen LogP contribution >= 0.6 is 11.6 Å². The van der Waals surface area contributed by atoms with Crippen molar-refractivity contribution >= 4 is 17.7 Å². The molecule has 6 nitrogen and oxygen atoms in total. The predicted octanol–water partition coefficient (Wildman–Crippen LogP) is 2.98. The lowest BCUT2D eigenvalue weighted by Gasteiger charge is -2.27. The summed E-state index contributed by atoms with van der Waals surface area (Å²) in [4.78, 5) is 14.0. The van der Waals surface area contributed by atoms with Crippen LogP contribution in [-0.4, -0.2) is 46.0 Å². The van der Waals surface area contributed by atoms with Gasteiger partial charge in [0.15, 0.2) is 0 Å². The van der Waals surface area contributed by atoms with Crippen LogP contribution in [0, 0.1) is 5.92 Å². The van der Waals surface area contributed by atoms with E-state index in [0.29, 0.717) is 18.1 Å². The molecule has 1 aromatic rings. The van der Waals surface area contributed by atoms with Crippen molar-refractivity contribution in [1.82, 2.24) is 20.0 Å². The maximum absolute atomic E-state index is 12.2. The van der Waals surface area contributed by atoms with Crippen LogP contribution in [0.1, 0.15) is 45.9 Å². The molecule has 130 valence electrons. The average molecular weight is 343 g/mol. The molecular weight excluding hydrogens is 316 g/mol. The molecule has 1 saturated heterocycles. The van der Waals surface area contributed by atoms with E-state index < -0.39 is 5.60 Å². The number of ether oxygens (including phenoxy) is 1. The molecule has 2 rings (SSSR count). The molecule has 1 fully saturated rings. The first-order chi connectivity index (χ1) is 10.7. The molecule has 23 heavy (non-hydrogen) atoms. The van der Waals surface area contributed by atoms with Gasteiger partial charge >= 0.3 is 6.09 Å². The number of aromatic nitrogens is 2. The van der Waals surface area contributed by atoms with E-state index in [0.717, 1.165) is 18.7 Å². The molecule has 2 heterocycles. The number of nitrogens with zero attached hydrogens (tertiary/aromatic N) is 3. The summed E-state index contributed by atoms with van der Waals surface area (Å²) >= 11 is 6.31. The highest BCUT2D eigenvalue weighted by Crippen LogP contribution is 2.33. The third kappa shape index (κ3) is 4.38. The molecule has 0 bridgehead atoms. The third-order valence-corrected chi connectivity index (χ3v) is 4.30. The fourth-order valence-electron chi connectivity index (χ4n) is 3.03. The number of halogens is 1. The predicted molar refractivity (Wildman–Crippen MR) is 90.5 cm³/mol. The lowest BCUT2D eigenvalue weighted by atomic mass is 9.96. The topological polar surface area (TPSA) is 59.4 Å². The van der Waals surface area contributed by atoms with Gasteiger partial charge in [-0.3, -0.25) is 4.68 Å². The Balaban J connectivity index is 2.10. The van der Waals surface area contributed by atoms with Crippen molar-refractivity contribution in [2.24, 2.45) is 13.0 Å². The lowest BCUT2D eigenvalue weighted by Crippen LogP contribution is -2.37. The number of nitrogens with one attached hydrogen (secondary N) is 1. The molecule has 0 aromatic carbocycles. The molecule has 2 unspecified atom stereocenters. The van der Waals surface area contributed by atoms with Gasteiger partial charge in [-0.1, -0.05) is 18.5 Å². The molecule has 2 atom stereocenters. The minimum atomic E-state index is -0.471. The van der Waals surface area contributed by atoms with Crippen LogP contribution in [0.2, 0.25) is 5.02 Å². The van der Waals surface area contributed by atoms with Gasteiger partial charge in [0.05, 0.1) is 23.0 Å². The highest BCUT2D eigenvalue weighted by molar-refractivity contribution is 6.31. The van der Waals surface area contributed by atoms with Crippen molar-refractivity contribution in [1.29, 1.82) is 0 Å². The Bertz CT molecular complexity index is 533. The van der Waals surface area contributed by atoms with Crippen LogP contribution < -0.4 is 5.32 Å². The third-order valence-electron chi connectivity index (χ3n) is 4.00. The number of hydrogen-bond donors (Lipinski definition) is 1. The second-order valence-corrected chi connectivity index (χ2v) is 7.42. The fourth-order valence-corrected chi connectivity index (χ4v) is 3.31. The van der Waals surface area contributed by atoms with E-state index in [-0.39, 0.29) is 18.1 Å². The van der Waals surface area contributed by atoms with Crippen LogP contribution in [0.25, 0.3) is 0 Å². The maximum atomic E-state index is 12.2. The van der Waals surface area contributed by atoms with Gasteiger partial charge in [-0.2, -0.15) is 5.10 Å². The molecule has 1 aromatic heterocycles. The minimum absolute atomic E-state index is 0.0763. The van der Waals surface area contributed by atoms with Gasteiger partial charge in [0.2, 0.25) is 0 Å². The molecule has 1 N–H and O–H groups in total. The van der Waals surface area contributed by atoms with Gasteiger partial charge in [0.1, 0.15) is 5.60 Å². The number of hydrogen-bond acceptors (Lipinski definition) is 4. The van der Waals surface area contributed by atoms with E-state index in [9.17, 15) is 4.79 Å². The van der Waals surface area contributed by atoms with Gasteiger partial charge in [0.25, 0.3) is 0 Å². The Morgan fingerprint density at radius 1 is 1.57 bits per heavy atom. The number of amides is 1. The van der Waals surface area contributed by atoms with Gasteiger partial charge in [0, 0.05) is 20.1 Å². The summed E-state index contributed by atoms with van der Waals surface area (Å²) < 4.78 is 7.28. The summed E-state index contributed by atoms with van der Waals surface area (Å²) in [5.74, 6) is 0.287. The molecule has 7 heteroatoms. The molecule has 1 amide bonds. The Labute approximate surface area is 143 Å². The first-order valence-corrected chi connectivity index (χ1v) is 8.49. The number of likely N-dealkylation sites (tertiary alicyclic amines) is 1. The highest BCUT2D eigenvalue weighted by Gasteiger charge is 2.36.